The van der Waals surface area contributed by atoms with Crippen LogP contribution < -0.4 is 10.1 Å². The van der Waals surface area contributed by atoms with E-state index in [1.54, 1.807) is 0 Å². The van der Waals surface area contributed by atoms with Crippen molar-refractivity contribution in [2.24, 2.45) is 0 Å². The lowest BCUT2D eigenvalue weighted by atomic mass is 10.2. The molecule has 2 heterocycles. The topological polar surface area (TPSA) is 69.0 Å². The Labute approximate surface area is 155 Å². The van der Waals surface area contributed by atoms with Crippen molar-refractivity contribution in [1.29, 1.82) is 0 Å². The smallest absolute Gasteiger partial charge is 0.433 e. The van der Waals surface area contributed by atoms with E-state index in [-0.39, 0.29) is 12.4 Å². The number of rotatable bonds is 6. The van der Waals surface area contributed by atoms with Crippen molar-refractivity contribution in [3.63, 3.8) is 0 Å². The van der Waals surface area contributed by atoms with Crippen LogP contribution in [0.5, 0.6) is 5.88 Å². The highest BCUT2D eigenvalue weighted by atomic mass is 19.4. The van der Waals surface area contributed by atoms with Gasteiger partial charge in [-0.15, -0.1) is 0 Å². The number of amides is 1. The molecule has 6 nitrogen and oxygen atoms in total. The SMILES string of the molecule is CC(C)n1ncc(C(=O)NCc2ccnc(OCC(F)(F)F)c2)c1C(F)(F)F. The molecular weight excluding hydrogens is 394 g/mol. The Morgan fingerprint density at radius 2 is 1.93 bits per heavy atom. The lowest BCUT2D eigenvalue weighted by molar-refractivity contribution is -0.154. The third-order valence-electron chi connectivity index (χ3n) is 3.43. The second-order valence-corrected chi connectivity index (χ2v) is 6.03. The first kappa shape index (κ1) is 21.5. The van der Waals surface area contributed by atoms with E-state index in [1.165, 1.54) is 19.9 Å². The van der Waals surface area contributed by atoms with Crippen LogP contribution in [0, 0.1) is 0 Å². The Balaban J connectivity index is 2.11. The van der Waals surface area contributed by atoms with E-state index < -0.39 is 42.2 Å². The normalized spacial score (nSPS) is 12.3. The van der Waals surface area contributed by atoms with Gasteiger partial charge < -0.3 is 10.1 Å². The minimum absolute atomic E-state index is 0.242. The summed E-state index contributed by atoms with van der Waals surface area (Å²) >= 11 is 0. The lowest BCUT2D eigenvalue weighted by Gasteiger charge is -2.15. The average molecular weight is 410 g/mol. The number of ether oxygens (including phenoxy) is 1. The van der Waals surface area contributed by atoms with E-state index in [0.717, 1.165) is 18.5 Å². The van der Waals surface area contributed by atoms with E-state index in [9.17, 15) is 31.1 Å². The maximum Gasteiger partial charge on any atom is 0.433 e. The molecule has 0 fully saturated rings. The summed E-state index contributed by atoms with van der Waals surface area (Å²) in [6, 6.07) is 1.91. The molecule has 28 heavy (non-hydrogen) atoms. The number of hydrogen-bond donors (Lipinski definition) is 1. The number of hydrogen-bond acceptors (Lipinski definition) is 4. The Bertz CT molecular complexity index is 829. The standard InChI is InChI=1S/C16H16F6N4O2/c1-9(2)26-13(16(20,21)22)11(7-25-26)14(27)24-6-10-3-4-23-12(5-10)28-8-15(17,18)19/h3-5,7,9H,6,8H2,1-2H3,(H,24,27). The third kappa shape index (κ3) is 5.60. The number of pyridine rings is 1. The molecule has 1 amide bonds. The van der Waals surface area contributed by atoms with Gasteiger partial charge in [0.05, 0.1) is 11.8 Å². The van der Waals surface area contributed by atoms with E-state index in [4.69, 9.17) is 0 Å². The molecule has 0 aliphatic heterocycles. The summed E-state index contributed by atoms with van der Waals surface area (Å²) < 4.78 is 81.6. The fourth-order valence-corrected chi connectivity index (χ4v) is 2.28. The number of carbonyl (C=O) groups excluding carboxylic acids is 1. The quantitative estimate of drug-likeness (QED) is 0.737. The summed E-state index contributed by atoms with van der Waals surface area (Å²) in [4.78, 5) is 15.8. The van der Waals surface area contributed by atoms with Crippen LogP contribution in [0.3, 0.4) is 0 Å². The van der Waals surface area contributed by atoms with Crippen molar-refractivity contribution < 1.29 is 35.9 Å². The van der Waals surface area contributed by atoms with Gasteiger partial charge in [0.1, 0.15) is 0 Å². The van der Waals surface area contributed by atoms with Crippen molar-refractivity contribution in [2.45, 2.75) is 38.8 Å². The van der Waals surface area contributed by atoms with E-state index in [0.29, 0.717) is 10.2 Å². The minimum atomic E-state index is -4.79. The number of nitrogens with one attached hydrogen (secondary N) is 1. The highest BCUT2D eigenvalue weighted by molar-refractivity contribution is 5.95. The van der Waals surface area contributed by atoms with Gasteiger partial charge >= 0.3 is 12.4 Å². The molecule has 0 spiro atoms. The first-order valence-electron chi connectivity index (χ1n) is 7.96. The molecule has 0 unspecified atom stereocenters. The highest BCUT2D eigenvalue weighted by Gasteiger charge is 2.40. The molecule has 2 aromatic rings. The van der Waals surface area contributed by atoms with Crippen LogP contribution in [0.2, 0.25) is 0 Å². The van der Waals surface area contributed by atoms with Gasteiger partial charge in [-0.2, -0.15) is 31.4 Å². The second kappa shape index (κ2) is 8.07. The minimum Gasteiger partial charge on any atom is -0.468 e. The zero-order valence-electron chi connectivity index (χ0n) is 14.7. The van der Waals surface area contributed by atoms with Crippen LogP contribution in [-0.4, -0.2) is 33.5 Å². The molecular formula is C16H16F6N4O2. The summed E-state index contributed by atoms with van der Waals surface area (Å²) in [5, 5.41) is 5.90. The largest absolute Gasteiger partial charge is 0.468 e. The monoisotopic (exact) mass is 410 g/mol. The Hall–Kier alpha value is -2.79. The van der Waals surface area contributed by atoms with Crippen molar-refractivity contribution in [3.8, 4) is 5.88 Å². The van der Waals surface area contributed by atoms with Crippen LogP contribution in [0.1, 0.15) is 41.5 Å². The number of alkyl halides is 6. The Morgan fingerprint density at radius 1 is 1.25 bits per heavy atom. The first-order valence-corrected chi connectivity index (χ1v) is 7.96. The molecule has 12 heteroatoms. The van der Waals surface area contributed by atoms with Gasteiger partial charge in [0, 0.05) is 24.8 Å². The zero-order valence-corrected chi connectivity index (χ0v) is 14.7. The molecule has 2 aromatic heterocycles. The Kier molecular flexibility index (Phi) is 6.20. The summed E-state index contributed by atoms with van der Waals surface area (Å²) in [5.41, 5.74) is -1.53. The summed E-state index contributed by atoms with van der Waals surface area (Å²) in [6.45, 7) is 1.19. The third-order valence-corrected chi connectivity index (χ3v) is 3.43. The molecule has 0 saturated carbocycles. The van der Waals surface area contributed by atoms with E-state index in [2.05, 4.69) is 20.1 Å². The van der Waals surface area contributed by atoms with Crippen LogP contribution >= 0.6 is 0 Å². The molecule has 0 aromatic carbocycles. The van der Waals surface area contributed by atoms with E-state index in [1.807, 2.05) is 0 Å². The van der Waals surface area contributed by atoms with Crippen LogP contribution in [0.4, 0.5) is 26.3 Å². The number of aromatic nitrogens is 3. The van der Waals surface area contributed by atoms with Gasteiger partial charge in [0.15, 0.2) is 12.3 Å². The predicted molar refractivity (Wildman–Crippen MR) is 84.6 cm³/mol. The molecule has 0 bridgehead atoms. The molecule has 1 N–H and O–H groups in total. The van der Waals surface area contributed by atoms with Crippen molar-refractivity contribution in [1.82, 2.24) is 20.1 Å². The summed E-state index contributed by atoms with van der Waals surface area (Å²) in [6.07, 6.45) is -7.35. The van der Waals surface area contributed by atoms with Crippen molar-refractivity contribution in [2.75, 3.05) is 6.61 Å². The van der Waals surface area contributed by atoms with Gasteiger partial charge in [-0.25, -0.2) is 4.98 Å². The first-order chi connectivity index (χ1) is 12.9. The molecule has 154 valence electrons. The maximum absolute atomic E-state index is 13.3. The molecule has 0 aliphatic rings. The number of halogens is 6. The molecule has 0 aliphatic carbocycles. The highest BCUT2D eigenvalue weighted by Crippen LogP contribution is 2.33. The summed E-state index contributed by atoms with van der Waals surface area (Å²) in [7, 11) is 0. The Morgan fingerprint density at radius 3 is 2.50 bits per heavy atom. The fourth-order valence-electron chi connectivity index (χ4n) is 2.28. The van der Waals surface area contributed by atoms with Gasteiger partial charge in [0.2, 0.25) is 5.88 Å². The molecule has 0 radical (unpaired) electrons. The van der Waals surface area contributed by atoms with Crippen LogP contribution in [0.25, 0.3) is 0 Å². The second-order valence-electron chi connectivity index (χ2n) is 6.03. The summed E-state index contributed by atoms with van der Waals surface area (Å²) in [5.74, 6) is -1.35. The van der Waals surface area contributed by atoms with Gasteiger partial charge in [0.25, 0.3) is 5.91 Å². The maximum atomic E-state index is 13.3. The molecule has 0 atom stereocenters. The predicted octanol–water partition coefficient (Wildman–Crippen LogP) is 3.75. The van der Waals surface area contributed by atoms with Gasteiger partial charge in [-0.1, -0.05) is 0 Å². The van der Waals surface area contributed by atoms with E-state index >= 15 is 0 Å². The van der Waals surface area contributed by atoms with Crippen molar-refractivity contribution >= 4 is 5.91 Å². The average Bonchev–Trinajstić information content (AvgIpc) is 3.03. The van der Waals surface area contributed by atoms with Crippen molar-refractivity contribution in [3.05, 3.63) is 41.3 Å². The van der Waals surface area contributed by atoms with Crippen LogP contribution in [-0.2, 0) is 12.7 Å². The molecule has 2 rings (SSSR count). The van der Waals surface area contributed by atoms with Gasteiger partial charge in [-0.05, 0) is 25.5 Å². The fraction of sp³-hybridized carbons (Fsp3) is 0.438. The zero-order chi connectivity index (χ0) is 21.1. The van der Waals surface area contributed by atoms with Crippen LogP contribution in [0.15, 0.2) is 24.5 Å². The molecule has 0 saturated heterocycles. The lowest BCUT2D eigenvalue weighted by Crippen LogP contribution is -2.27. The number of carbonyl (C=O) groups is 1. The van der Waals surface area contributed by atoms with Gasteiger partial charge in [-0.3, -0.25) is 9.48 Å². The number of nitrogens with zero attached hydrogens (tertiary/aromatic N) is 3.